The second-order valence-corrected chi connectivity index (χ2v) is 23.8. The molecule has 10 aromatic rings. The Morgan fingerprint density at radius 2 is 1.32 bits per heavy atom. The number of rotatable bonds is 13. The van der Waals surface area contributed by atoms with Gasteiger partial charge in [0.2, 0.25) is 0 Å². The van der Waals surface area contributed by atoms with Gasteiger partial charge in [-0.2, -0.15) is 0 Å². The normalized spacial score (nSPS) is 16.0. The number of allylic oxidation sites excluding steroid dienone is 10. The van der Waals surface area contributed by atoms with Crippen LogP contribution in [0.2, 0.25) is 0 Å². The first-order chi connectivity index (χ1) is 38.3. The van der Waals surface area contributed by atoms with Crippen molar-refractivity contribution in [3.63, 3.8) is 0 Å². The van der Waals surface area contributed by atoms with Crippen LogP contribution in [0.1, 0.15) is 112 Å². The van der Waals surface area contributed by atoms with E-state index in [4.69, 9.17) is 11.6 Å². The van der Waals surface area contributed by atoms with Crippen LogP contribution in [-0.2, 0) is 13.0 Å². The average Bonchev–Trinajstić information content (AvgIpc) is 4.33. The summed E-state index contributed by atoms with van der Waals surface area (Å²) in [6.07, 6.45) is 26.2. The van der Waals surface area contributed by atoms with E-state index in [9.17, 15) is 0 Å². The number of hydrogen-bond donors (Lipinski definition) is 0. The number of unbranched alkanes of at least 4 members (excludes halogenated alkanes) is 2. The maximum atomic E-state index is 7.24. The smallest absolute Gasteiger partial charge is 0.0801 e. The number of aryl methyl sites for hydroxylation is 4. The quantitative estimate of drug-likeness (QED) is 0.114. The van der Waals surface area contributed by atoms with Gasteiger partial charge in [0.15, 0.2) is 0 Å². The van der Waals surface area contributed by atoms with Crippen LogP contribution in [0.5, 0.6) is 0 Å². The number of hydrogen-bond acceptors (Lipinski definition) is 3. The molecule has 1 aliphatic heterocycles. The Hall–Kier alpha value is -6.82. The summed E-state index contributed by atoms with van der Waals surface area (Å²) in [5.74, 6) is 0. The van der Waals surface area contributed by atoms with Crippen LogP contribution in [0.15, 0.2) is 190 Å². The number of aromatic nitrogens is 1. The van der Waals surface area contributed by atoms with Crippen LogP contribution in [0.4, 0.5) is 5.69 Å². The molecule has 0 atom stereocenters. The lowest BCUT2D eigenvalue weighted by atomic mass is 9.92. The first-order valence-corrected chi connectivity index (χ1v) is 30.6. The molecule has 0 saturated carbocycles. The highest BCUT2D eigenvalue weighted by Gasteiger charge is 2.26. The van der Waals surface area contributed by atoms with E-state index in [1.54, 1.807) is 0 Å². The fraction of sp³-hybridized carbons (Fsp3) is 0.233. The van der Waals surface area contributed by atoms with Gasteiger partial charge >= 0.3 is 0 Å². The molecule has 2 aromatic heterocycles. The predicted molar refractivity (Wildman–Crippen MR) is 346 cm³/mol. The van der Waals surface area contributed by atoms with E-state index in [0.29, 0.717) is 0 Å². The highest BCUT2D eigenvalue weighted by atomic mass is 35.5. The Balaban J connectivity index is 0.000000164. The van der Waals surface area contributed by atoms with Gasteiger partial charge < -0.3 is 9.47 Å². The summed E-state index contributed by atoms with van der Waals surface area (Å²) in [6.45, 7) is 15.5. The standard InChI is InChI=1S/C43H44ClN.C30H25NS2/c1-5-7-14-34-35(36-17-10-15-32-28(3)19-23-37(34)41(32)36)24-21-30-12-9-13-31(43(30)44)22-26-39-38-18-11-16-33-29(4)20-25-40(42(33)38)45(39)27-8-6-2;1-3-22-25-18-16-20-10-5-7-12-23(20)29(25)32-27(22)14-9-15-28-31(4-2)26-19-17-21-11-6-8-13-24(21)30(26)33-28/h10-11,15-26H,5-9,12-14,27H2,1-4H3;5-19H,3-4H2,1-2H3/b24-21+,31-22+,39-26+;14-9+,28-15+. The minimum absolute atomic E-state index is 0.930. The Bertz CT molecular complexity index is 4240. The number of halogens is 1. The van der Waals surface area contributed by atoms with Gasteiger partial charge in [-0.05, 0) is 189 Å². The molecule has 0 saturated heterocycles. The summed E-state index contributed by atoms with van der Waals surface area (Å²) in [7, 11) is 0. The molecular formula is C73H69ClN2S2. The highest BCUT2D eigenvalue weighted by molar-refractivity contribution is 8.04. The zero-order valence-corrected chi connectivity index (χ0v) is 48.5. The summed E-state index contributed by atoms with van der Waals surface area (Å²) in [5.41, 5.74) is 15.0. The van der Waals surface area contributed by atoms with Gasteiger partial charge in [-0.15, -0.1) is 11.3 Å². The molecule has 0 bridgehead atoms. The molecule has 78 heavy (non-hydrogen) atoms. The van der Waals surface area contributed by atoms with Crippen molar-refractivity contribution in [2.75, 3.05) is 11.4 Å². The molecule has 2 aliphatic carbocycles. The number of thiophene rings is 1. The lowest BCUT2D eigenvalue weighted by Gasteiger charge is -2.17. The van der Waals surface area contributed by atoms with Gasteiger partial charge in [-0.1, -0.05) is 203 Å². The molecule has 13 rings (SSSR count). The SMILES string of the molecule is CCCCC1=C(/C=C/C2=C(Cl)C(=C/C=c3\c4cccc5c(C)ccc(c54)n3CCCC)/CCC2)c2cccc3c(C)ccc1c23.CCc1c(/C=C/C=C2/Sc3c(ccc4ccccc34)N2CC)sc2c1ccc1ccccc12. The maximum absolute atomic E-state index is 7.24. The van der Waals surface area contributed by atoms with Crippen molar-refractivity contribution in [2.24, 2.45) is 0 Å². The van der Waals surface area contributed by atoms with Crippen molar-refractivity contribution >= 4 is 128 Å². The summed E-state index contributed by atoms with van der Waals surface area (Å²) in [4.78, 5) is 5.17. The zero-order chi connectivity index (χ0) is 53.4. The van der Waals surface area contributed by atoms with E-state index in [1.165, 1.54) is 166 Å². The monoisotopic (exact) mass is 1070 g/mol. The summed E-state index contributed by atoms with van der Waals surface area (Å²) >= 11 is 11.1. The fourth-order valence-corrected chi connectivity index (χ4v) is 15.5. The largest absolute Gasteiger partial charge is 0.340 e. The first kappa shape index (κ1) is 51.9. The lowest BCUT2D eigenvalue weighted by molar-refractivity contribution is 0.640. The molecular weight excluding hydrogens is 1000 g/mol. The third-order valence-electron chi connectivity index (χ3n) is 16.7. The van der Waals surface area contributed by atoms with Crippen molar-refractivity contribution in [3.8, 4) is 0 Å². The summed E-state index contributed by atoms with van der Waals surface area (Å²) in [6, 6.07) is 49.3. The van der Waals surface area contributed by atoms with E-state index in [2.05, 4.69) is 227 Å². The number of fused-ring (bicyclic) bond motifs is 6. The predicted octanol–water partition coefficient (Wildman–Crippen LogP) is 21.4. The molecule has 0 radical (unpaired) electrons. The lowest BCUT2D eigenvalue weighted by Crippen LogP contribution is -2.16. The molecule has 8 aromatic carbocycles. The molecule has 0 unspecified atom stereocenters. The first-order valence-electron chi connectivity index (χ1n) is 28.6. The van der Waals surface area contributed by atoms with E-state index in [0.717, 1.165) is 50.2 Å². The minimum Gasteiger partial charge on any atom is -0.340 e. The second-order valence-electron chi connectivity index (χ2n) is 21.4. The number of anilines is 1. The molecule has 0 fully saturated rings. The zero-order valence-electron chi connectivity index (χ0n) is 46.1. The Morgan fingerprint density at radius 1 is 0.603 bits per heavy atom. The van der Waals surface area contributed by atoms with Crippen molar-refractivity contribution < 1.29 is 0 Å². The topological polar surface area (TPSA) is 8.17 Å². The fourth-order valence-electron chi connectivity index (χ4n) is 12.6. The van der Waals surface area contributed by atoms with Crippen LogP contribution in [-0.4, -0.2) is 11.1 Å². The molecule has 5 heteroatoms. The number of thioether (sulfide) groups is 1. The van der Waals surface area contributed by atoms with Gasteiger partial charge in [0.05, 0.1) is 10.7 Å². The van der Waals surface area contributed by atoms with Crippen molar-refractivity contribution in [2.45, 2.75) is 111 Å². The third kappa shape index (κ3) is 9.38. The number of nitrogens with zero attached hydrogens (tertiary/aromatic N) is 2. The molecule has 0 spiro atoms. The molecule has 0 amide bonds. The Kier molecular flexibility index (Phi) is 15.0. The van der Waals surface area contributed by atoms with Crippen LogP contribution in [0, 0.1) is 13.8 Å². The maximum Gasteiger partial charge on any atom is 0.0801 e. The third-order valence-corrected chi connectivity index (χ3v) is 19.6. The van der Waals surface area contributed by atoms with Crippen LogP contribution in [0.25, 0.3) is 87.4 Å². The molecule has 0 N–H and O–H groups in total. The van der Waals surface area contributed by atoms with Gasteiger partial charge in [0.1, 0.15) is 0 Å². The highest BCUT2D eigenvalue weighted by Crippen LogP contribution is 2.50. The molecule has 3 aliphatic rings. The van der Waals surface area contributed by atoms with E-state index in [1.807, 2.05) is 23.1 Å². The minimum atomic E-state index is 0.930. The van der Waals surface area contributed by atoms with E-state index in [-0.39, 0.29) is 0 Å². The van der Waals surface area contributed by atoms with Crippen LogP contribution < -0.4 is 10.2 Å². The Morgan fingerprint density at radius 3 is 2.12 bits per heavy atom. The molecule has 3 heterocycles. The van der Waals surface area contributed by atoms with Gasteiger partial charge in [0.25, 0.3) is 0 Å². The number of benzene rings is 8. The van der Waals surface area contributed by atoms with Gasteiger partial charge in [-0.25, -0.2) is 0 Å². The van der Waals surface area contributed by atoms with Crippen LogP contribution >= 0.6 is 34.7 Å². The van der Waals surface area contributed by atoms with Gasteiger partial charge in [-0.3, -0.25) is 0 Å². The molecule has 390 valence electrons. The van der Waals surface area contributed by atoms with Crippen molar-refractivity contribution in [1.29, 1.82) is 0 Å². The Labute approximate surface area is 474 Å². The van der Waals surface area contributed by atoms with Crippen molar-refractivity contribution in [1.82, 2.24) is 4.57 Å². The summed E-state index contributed by atoms with van der Waals surface area (Å²) < 4.78 is 3.94. The van der Waals surface area contributed by atoms with Crippen LogP contribution in [0.3, 0.4) is 0 Å². The average molecular weight is 1070 g/mol. The van der Waals surface area contributed by atoms with E-state index >= 15 is 0 Å². The van der Waals surface area contributed by atoms with Gasteiger partial charge in [0, 0.05) is 54.2 Å². The molecule has 2 nitrogen and oxygen atoms in total. The second kappa shape index (κ2) is 22.5. The van der Waals surface area contributed by atoms with E-state index < -0.39 is 0 Å². The summed E-state index contributed by atoms with van der Waals surface area (Å²) in [5, 5.41) is 17.1. The van der Waals surface area contributed by atoms with Crippen molar-refractivity contribution in [3.05, 3.63) is 223 Å².